The molecule has 0 saturated carbocycles. The van der Waals surface area contributed by atoms with Crippen molar-refractivity contribution in [1.82, 2.24) is 9.80 Å². The van der Waals surface area contributed by atoms with E-state index in [2.05, 4.69) is 0 Å². The molecule has 0 radical (unpaired) electrons. The third kappa shape index (κ3) is 6.99. The molecule has 9 heteroatoms. The minimum absolute atomic E-state index is 0.0112. The van der Waals surface area contributed by atoms with Gasteiger partial charge in [0.25, 0.3) is 17.5 Å². The van der Waals surface area contributed by atoms with Gasteiger partial charge < -0.3 is 19.1 Å². The molecule has 9 nitrogen and oxygen atoms in total. The number of hydrogen-bond donors (Lipinski definition) is 0. The van der Waals surface area contributed by atoms with Gasteiger partial charge in [0, 0.05) is 18.7 Å². The first-order chi connectivity index (χ1) is 22.3. The smallest absolute Gasteiger partial charge is 0.333 e. The van der Waals surface area contributed by atoms with Gasteiger partial charge in [-0.05, 0) is 47.9 Å². The molecule has 4 aromatic rings. The summed E-state index contributed by atoms with van der Waals surface area (Å²) in [5.41, 5.74) is 0.529. The molecule has 1 aliphatic rings. The number of ether oxygens (including phenoxy) is 3. The van der Waals surface area contributed by atoms with Crippen molar-refractivity contribution in [2.24, 2.45) is 0 Å². The van der Waals surface area contributed by atoms with Gasteiger partial charge in [-0.3, -0.25) is 19.3 Å². The fraction of sp³-hybridized carbons (Fsp3) is 0.189. The maximum atomic E-state index is 14.2. The van der Waals surface area contributed by atoms with Crippen molar-refractivity contribution in [3.63, 3.8) is 0 Å². The Morgan fingerprint density at radius 1 is 0.826 bits per heavy atom. The lowest BCUT2D eigenvalue weighted by Crippen LogP contribution is -2.76. The number of esters is 2. The number of carbonyl (C=O) groups is 4. The number of nitrogens with zero attached hydrogens (tertiary/aromatic N) is 2. The SMILES string of the molecule is CC=CN(C(=O)c1ccccc1)C1(OC(C)=O)CN(C(C(=O)OCc2ccccc2)c2ccc(OCc3ccccc3)cc2)C1=O. The summed E-state index contributed by atoms with van der Waals surface area (Å²) >= 11 is 0. The molecule has 1 saturated heterocycles. The summed E-state index contributed by atoms with van der Waals surface area (Å²) in [5.74, 6) is -2.15. The third-order valence-electron chi connectivity index (χ3n) is 7.42. The lowest BCUT2D eigenvalue weighted by molar-refractivity contribution is -0.219. The molecule has 5 rings (SSSR count). The molecule has 0 spiro atoms. The first-order valence-corrected chi connectivity index (χ1v) is 14.8. The van der Waals surface area contributed by atoms with E-state index < -0.39 is 35.5 Å². The van der Waals surface area contributed by atoms with Gasteiger partial charge in [-0.25, -0.2) is 4.79 Å². The van der Waals surface area contributed by atoms with E-state index in [1.165, 1.54) is 11.1 Å². The molecular formula is C37H34N2O7. The predicted molar refractivity (Wildman–Crippen MR) is 170 cm³/mol. The monoisotopic (exact) mass is 618 g/mol. The Morgan fingerprint density at radius 2 is 1.39 bits per heavy atom. The van der Waals surface area contributed by atoms with Crippen LogP contribution in [0.1, 0.15) is 46.9 Å². The Bertz CT molecular complexity index is 1690. The van der Waals surface area contributed by atoms with Crippen LogP contribution in [0.4, 0.5) is 0 Å². The lowest BCUT2D eigenvalue weighted by Gasteiger charge is -2.53. The number of rotatable bonds is 12. The standard InChI is InChI=1S/C37H34N2O7/c1-3-23-39(34(41)31-17-11-6-12-18-31)37(46-27(2)40)26-38(36(37)43)33(35(42)45-25-29-15-9-5-10-16-29)30-19-21-32(22-20-30)44-24-28-13-7-4-8-14-28/h3-23,33H,24-26H2,1-2H3. The molecule has 1 aliphatic heterocycles. The Labute approximate surface area is 267 Å². The minimum Gasteiger partial charge on any atom is -0.489 e. The molecular weight excluding hydrogens is 584 g/mol. The molecule has 0 aromatic heterocycles. The van der Waals surface area contributed by atoms with Crippen LogP contribution in [0.5, 0.6) is 5.75 Å². The van der Waals surface area contributed by atoms with Crippen molar-refractivity contribution in [1.29, 1.82) is 0 Å². The van der Waals surface area contributed by atoms with Crippen LogP contribution in [-0.4, -0.2) is 45.8 Å². The molecule has 0 N–H and O–H groups in total. The van der Waals surface area contributed by atoms with Crippen LogP contribution >= 0.6 is 0 Å². The van der Waals surface area contributed by atoms with E-state index in [9.17, 15) is 19.2 Å². The van der Waals surface area contributed by atoms with E-state index in [-0.39, 0.29) is 13.2 Å². The second-order valence-electron chi connectivity index (χ2n) is 10.7. The Morgan fingerprint density at radius 3 is 1.93 bits per heavy atom. The number of allylic oxidation sites excluding steroid dienone is 1. The van der Waals surface area contributed by atoms with Crippen molar-refractivity contribution in [3.05, 3.63) is 150 Å². The Balaban J connectivity index is 1.44. The molecule has 2 amide bonds. The van der Waals surface area contributed by atoms with E-state index in [1.54, 1.807) is 67.6 Å². The lowest BCUT2D eigenvalue weighted by atomic mass is 9.93. The maximum Gasteiger partial charge on any atom is 0.333 e. The van der Waals surface area contributed by atoms with Gasteiger partial charge in [0.15, 0.2) is 6.04 Å². The number of amides is 2. The largest absolute Gasteiger partial charge is 0.489 e. The van der Waals surface area contributed by atoms with Crippen molar-refractivity contribution in [2.45, 2.75) is 38.8 Å². The summed E-state index contributed by atoms with van der Waals surface area (Å²) in [5, 5.41) is 0. The number of hydrogen-bond acceptors (Lipinski definition) is 7. The molecule has 1 heterocycles. The zero-order valence-corrected chi connectivity index (χ0v) is 25.6. The summed E-state index contributed by atoms with van der Waals surface area (Å²) in [6, 6.07) is 32.8. The van der Waals surface area contributed by atoms with E-state index >= 15 is 0 Å². The van der Waals surface area contributed by atoms with Gasteiger partial charge in [0.1, 0.15) is 19.0 Å². The van der Waals surface area contributed by atoms with Crippen LogP contribution in [0, 0.1) is 0 Å². The van der Waals surface area contributed by atoms with Crippen LogP contribution < -0.4 is 4.74 Å². The van der Waals surface area contributed by atoms with E-state index in [4.69, 9.17) is 14.2 Å². The Kier molecular flexibility index (Phi) is 9.92. The third-order valence-corrected chi connectivity index (χ3v) is 7.42. The molecule has 4 aromatic carbocycles. The minimum atomic E-state index is -2.00. The summed E-state index contributed by atoms with van der Waals surface area (Å²) in [6.07, 6.45) is 2.97. The summed E-state index contributed by atoms with van der Waals surface area (Å²) in [4.78, 5) is 56.3. The van der Waals surface area contributed by atoms with Crippen LogP contribution in [0.15, 0.2) is 128 Å². The number of carbonyl (C=O) groups excluding carboxylic acids is 4. The average Bonchev–Trinajstić information content (AvgIpc) is 3.09. The molecule has 0 bridgehead atoms. The van der Waals surface area contributed by atoms with Gasteiger partial charge in [-0.15, -0.1) is 0 Å². The molecule has 234 valence electrons. The molecule has 0 aliphatic carbocycles. The molecule has 2 atom stereocenters. The van der Waals surface area contributed by atoms with Crippen molar-refractivity contribution in [2.75, 3.05) is 6.54 Å². The van der Waals surface area contributed by atoms with Gasteiger partial charge in [-0.2, -0.15) is 0 Å². The molecule has 1 fully saturated rings. The van der Waals surface area contributed by atoms with Gasteiger partial charge in [0.05, 0.1) is 6.54 Å². The fourth-order valence-corrected chi connectivity index (χ4v) is 5.21. The summed E-state index contributed by atoms with van der Waals surface area (Å²) in [7, 11) is 0. The first-order valence-electron chi connectivity index (χ1n) is 14.8. The number of likely N-dealkylation sites (tertiary alicyclic amines) is 1. The predicted octanol–water partition coefficient (Wildman–Crippen LogP) is 5.83. The zero-order chi connectivity index (χ0) is 32.5. The average molecular weight is 619 g/mol. The van der Waals surface area contributed by atoms with E-state index in [1.807, 2.05) is 60.7 Å². The van der Waals surface area contributed by atoms with E-state index in [0.717, 1.165) is 23.0 Å². The quantitative estimate of drug-likeness (QED) is 0.112. The van der Waals surface area contributed by atoms with Crippen molar-refractivity contribution < 1.29 is 33.4 Å². The zero-order valence-electron chi connectivity index (χ0n) is 25.6. The summed E-state index contributed by atoms with van der Waals surface area (Å²) in [6.45, 7) is 2.92. The van der Waals surface area contributed by atoms with Crippen molar-refractivity contribution >= 4 is 23.8 Å². The van der Waals surface area contributed by atoms with Gasteiger partial charge in [-0.1, -0.05) is 97.1 Å². The van der Waals surface area contributed by atoms with E-state index in [0.29, 0.717) is 23.5 Å². The van der Waals surface area contributed by atoms with Crippen LogP contribution in [0.2, 0.25) is 0 Å². The van der Waals surface area contributed by atoms with Crippen LogP contribution in [-0.2, 0) is 37.1 Å². The Hall–Kier alpha value is -5.70. The second-order valence-corrected chi connectivity index (χ2v) is 10.7. The van der Waals surface area contributed by atoms with Gasteiger partial charge in [0.2, 0.25) is 0 Å². The van der Waals surface area contributed by atoms with Crippen LogP contribution in [0.3, 0.4) is 0 Å². The van der Waals surface area contributed by atoms with Crippen molar-refractivity contribution in [3.8, 4) is 5.75 Å². The van der Waals surface area contributed by atoms with Gasteiger partial charge >= 0.3 is 11.9 Å². The maximum absolute atomic E-state index is 14.2. The first kappa shape index (κ1) is 31.7. The van der Waals surface area contributed by atoms with Crippen LogP contribution in [0.25, 0.3) is 0 Å². The highest BCUT2D eigenvalue weighted by Crippen LogP contribution is 2.40. The highest BCUT2D eigenvalue weighted by molar-refractivity contribution is 6.03. The molecule has 46 heavy (non-hydrogen) atoms. The normalized spacial score (nSPS) is 16.3. The highest BCUT2D eigenvalue weighted by Gasteiger charge is 2.63. The topological polar surface area (TPSA) is 102 Å². The fourth-order valence-electron chi connectivity index (χ4n) is 5.21. The number of β-lactam (4-membered cyclic amide) rings is 1. The second kappa shape index (κ2) is 14.4. The number of benzene rings is 4. The molecule has 2 unspecified atom stereocenters. The summed E-state index contributed by atoms with van der Waals surface area (Å²) < 4.78 is 17.2. The highest BCUT2D eigenvalue weighted by atomic mass is 16.6.